The highest BCUT2D eigenvalue weighted by atomic mass is 16.3. The molecule has 0 aliphatic carbocycles. The van der Waals surface area contributed by atoms with E-state index < -0.39 is 18.2 Å². The van der Waals surface area contributed by atoms with Gasteiger partial charge in [-0.25, -0.2) is 4.98 Å². The Balaban J connectivity index is 2.13. The van der Waals surface area contributed by atoms with Crippen LogP contribution in [0.3, 0.4) is 0 Å². The number of aliphatic hydroxyl groups excluding tert-OH is 2. The predicted octanol–water partition coefficient (Wildman–Crippen LogP) is -2.35. The highest BCUT2D eigenvalue weighted by molar-refractivity contribution is 5.53. The molecule has 18 heavy (non-hydrogen) atoms. The lowest BCUT2D eigenvalue weighted by Crippen LogP contribution is -2.26. The summed E-state index contributed by atoms with van der Waals surface area (Å²) < 4.78 is 1.48. The molecule has 1 saturated heterocycles. The fourth-order valence-corrected chi connectivity index (χ4v) is 2.13. The van der Waals surface area contributed by atoms with Gasteiger partial charge in [0.25, 0.3) is 0 Å². The van der Waals surface area contributed by atoms with Crippen LogP contribution in [0.15, 0.2) is 6.33 Å². The molecule has 3 rings (SSSR count). The number of aromatic nitrogens is 4. The van der Waals surface area contributed by atoms with Crippen molar-refractivity contribution >= 4 is 17.5 Å². The molecular formula is C9H13N7O2. The number of imidazole rings is 1. The van der Waals surface area contributed by atoms with Gasteiger partial charge in [0.15, 0.2) is 5.65 Å². The lowest BCUT2D eigenvalue weighted by atomic mass is 10.1. The zero-order chi connectivity index (χ0) is 12.9. The van der Waals surface area contributed by atoms with E-state index in [1.807, 2.05) is 0 Å². The van der Waals surface area contributed by atoms with Crippen LogP contribution in [-0.2, 0) is 0 Å². The molecule has 96 valence electrons. The molecule has 0 aromatic carbocycles. The number of nitrogens with zero attached hydrogens (tertiary/aromatic N) is 4. The number of aliphatic hydroxyl groups is 2. The van der Waals surface area contributed by atoms with E-state index in [0.29, 0.717) is 17.9 Å². The summed E-state index contributed by atoms with van der Waals surface area (Å²) in [6.45, 7) is 0.293. The first-order valence-corrected chi connectivity index (χ1v) is 5.43. The maximum atomic E-state index is 9.86. The van der Waals surface area contributed by atoms with Crippen molar-refractivity contribution in [3.05, 3.63) is 12.0 Å². The Bertz CT molecular complexity index is 598. The van der Waals surface area contributed by atoms with E-state index in [4.69, 9.17) is 11.5 Å². The Morgan fingerprint density at radius 3 is 2.78 bits per heavy atom. The minimum atomic E-state index is -0.943. The van der Waals surface area contributed by atoms with Gasteiger partial charge >= 0.3 is 0 Å². The van der Waals surface area contributed by atoms with Crippen molar-refractivity contribution < 1.29 is 10.2 Å². The molecule has 9 nitrogen and oxygen atoms in total. The molecule has 7 N–H and O–H groups in total. The Hall–Kier alpha value is -1.97. The third-order valence-corrected chi connectivity index (χ3v) is 3.04. The van der Waals surface area contributed by atoms with Gasteiger partial charge in [0.2, 0.25) is 11.9 Å². The monoisotopic (exact) mass is 251 g/mol. The first kappa shape index (κ1) is 11.1. The van der Waals surface area contributed by atoms with Gasteiger partial charge in [-0.2, -0.15) is 9.97 Å². The van der Waals surface area contributed by atoms with Crippen LogP contribution in [0.1, 0.15) is 11.7 Å². The molecule has 0 radical (unpaired) electrons. The first-order chi connectivity index (χ1) is 8.58. The number of β-amino-alcohol motifs (C(OH)–C–C–N with tert-alkyl or cyclic N) is 1. The van der Waals surface area contributed by atoms with Crippen molar-refractivity contribution in [3.63, 3.8) is 0 Å². The summed E-state index contributed by atoms with van der Waals surface area (Å²) in [5.41, 5.74) is 12.1. The number of fused-ring (bicyclic) bond motifs is 1. The lowest BCUT2D eigenvalue weighted by molar-refractivity contribution is 0.0401. The van der Waals surface area contributed by atoms with Crippen molar-refractivity contribution in [2.45, 2.75) is 18.2 Å². The molecule has 0 unspecified atom stereocenters. The van der Waals surface area contributed by atoms with Gasteiger partial charge < -0.3 is 27.0 Å². The average molecular weight is 251 g/mol. The van der Waals surface area contributed by atoms with Crippen molar-refractivity contribution in [2.24, 2.45) is 0 Å². The third kappa shape index (κ3) is 1.49. The molecule has 9 heteroatoms. The highest BCUT2D eigenvalue weighted by Crippen LogP contribution is 2.26. The van der Waals surface area contributed by atoms with E-state index in [9.17, 15) is 10.2 Å². The molecule has 3 atom stereocenters. The van der Waals surface area contributed by atoms with E-state index >= 15 is 0 Å². The minimum absolute atomic E-state index is 0.0368. The molecule has 3 heterocycles. The van der Waals surface area contributed by atoms with Crippen molar-refractivity contribution in [1.29, 1.82) is 0 Å². The summed E-state index contributed by atoms with van der Waals surface area (Å²) in [5.74, 6) is 0.207. The molecule has 0 amide bonds. The smallest absolute Gasteiger partial charge is 0.225 e. The largest absolute Gasteiger partial charge is 0.389 e. The van der Waals surface area contributed by atoms with Gasteiger partial charge in [0, 0.05) is 6.54 Å². The van der Waals surface area contributed by atoms with Gasteiger partial charge in [-0.3, -0.25) is 4.40 Å². The zero-order valence-electron chi connectivity index (χ0n) is 9.35. The summed E-state index contributed by atoms with van der Waals surface area (Å²) in [7, 11) is 0. The summed E-state index contributed by atoms with van der Waals surface area (Å²) in [4.78, 5) is 12.0. The quantitative estimate of drug-likeness (QED) is 0.378. The Kier molecular flexibility index (Phi) is 2.33. The van der Waals surface area contributed by atoms with E-state index in [-0.39, 0.29) is 11.9 Å². The predicted molar refractivity (Wildman–Crippen MR) is 62.4 cm³/mol. The van der Waals surface area contributed by atoms with Crippen LogP contribution in [-0.4, -0.2) is 48.3 Å². The second-order valence-electron chi connectivity index (χ2n) is 4.21. The van der Waals surface area contributed by atoms with Crippen LogP contribution in [0.5, 0.6) is 0 Å². The molecular weight excluding hydrogens is 238 g/mol. The molecule has 0 spiro atoms. The second kappa shape index (κ2) is 3.77. The minimum Gasteiger partial charge on any atom is -0.389 e. The van der Waals surface area contributed by atoms with E-state index in [1.165, 1.54) is 10.7 Å². The Morgan fingerprint density at radius 2 is 2.11 bits per heavy atom. The number of hydrogen-bond acceptors (Lipinski definition) is 8. The molecule has 0 bridgehead atoms. The van der Waals surface area contributed by atoms with Gasteiger partial charge in [0.1, 0.15) is 18.1 Å². The summed E-state index contributed by atoms with van der Waals surface area (Å²) >= 11 is 0. The average Bonchev–Trinajstić information content (AvgIpc) is 2.85. The van der Waals surface area contributed by atoms with Gasteiger partial charge in [-0.15, -0.1) is 0 Å². The third-order valence-electron chi connectivity index (χ3n) is 3.04. The fraction of sp³-hybridized carbons (Fsp3) is 0.444. The molecule has 1 fully saturated rings. The summed E-state index contributed by atoms with van der Waals surface area (Å²) in [5, 5.41) is 22.4. The van der Waals surface area contributed by atoms with Crippen LogP contribution in [0.4, 0.5) is 11.9 Å². The summed E-state index contributed by atoms with van der Waals surface area (Å²) in [6, 6.07) is -0.501. The number of nitrogens with one attached hydrogen (secondary N) is 1. The van der Waals surface area contributed by atoms with Crippen molar-refractivity contribution in [1.82, 2.24) is 24.7 Å². The van der Waals surface area contributed by atoms with Crippen molar-refractivity contribution in [3.8, 4) is 0 Å². The SMILES string of the molecule is Nc1nc(N)n2cnc([C@H]3NC[C@H](O)[C@H]3O)c2n1. The molecule has 1 aliphatic rings. The number of anilines is 2. The number of rotatable bonds is 1. The van der Waals surface area contributed by atoms with Crippen LogP contribution < -0.4 is 16.8 Å². The zero-order valence-corrected chi connectivity index (χ0v) is 9.35. The van der Waals surface area contributed by atoms with Gasteiger partial charge in [0.05, 0.1) is 12.1 Å². The summed E-state index contributed by atoms with van der Waals surface area (Å²) in [6.07, 6.45) is -0.317. The standard InChI is InChI=1S/C9H13N7O2/c10-8-14-7-5(4-6(18)3(17)1-12-4)13-2-16(7)9(11)15-8/h2-4,6,12,17-18H,1H2,(H4,10,11,14,15)/t3-,4+,6+/m0/s1. The van der Waals surface area contributed by atoms with E-state index in [1.54, 1.807) is 0 Å². The number of nitrogens with two attached hydrogens (primary N) is 2. The topological polar surface area (TPSA) is 148 Å². The number of nitrogen functional groups attached to an aromatic ring is 2. The van der Waals surface area contributed by atoms with Crippen LogP contribution in [0.2, 0.25) is 0 Å². The molecule has 0 saturated carbocycles. The fourth-order valence-electron chi connectivity index (χ4n) is 2.13. The van der Waals surface area contributed by atoms with Gasteiger partial charge in [-0.05, 0) is 0 Å². The lowest BCUT2D eigenvalue weighted by Gasteiger charge is -2.13. The molecule has 1 aliphatic heterocycles. The molecule has 2 aromatic rings. The maximum Gasteiger partial charge on any atom is 0.225 e. The van der Waals surface area contributed by atoms with E-state index in [0.717, 1.165) is 0 Å². The number of hydrogen-bond donors (Lipinski definition) is 5. The van der Waals surface area contributed by atoms with Crippen molar-refractivity contribution in [2.75, 3.05) is 18.0 Å². The van der Waals surface area contributed by atoms with Gasteiger partial charge in [-0.1, -0.05) is 0 Å². The second-order valence-corrected chi connectivity index (χ2v) is 4.21. The van der Waals surface area contributed by atoms with Crippen LogP contribution >= 0.6 is 0 Å². The van der Waals surface area contributed by atoms with Crippen LogP contribution in [0.25, 0.3) is 5.65 Å². The highest BCUT2D eigenvalue weighted by Gasteiger charge is 2.36. The Labute approximate surface area is 101 Å². The van der Waals surface area contributed by atoms with Crippen LogP contribution in [0, 0.1) is 0 Å². The maximum absolute atomic E-state index is 9.86. The first-order valence-electron chi connectivity index (χ1n) is 5.43. The normalized spacial score (nSPS) is 28.0. The Morgan fingerprint density at radius 1 is 1.33 bits per heavy atom. The molecule has 2 aromatic heterocycles. The van der Waals surface area contributed by atoms with E-state index in [2.05, 4.69) is 20.3 Å².